The molecular weight excluding hydrogens is 933 g/mol. The van der Waals surface area contributed by atoms with Crippen LogP contribution in [0.25, 0.3) is 0 Å². The second-order valence-corrected chi connectivity index (χ2v) is 20.6. The van der Waals surface area contributed by atoms with Crippen LogP contribution in [0.2, 0.25) is 0 Å². The number of hydrogen-bond acceptors (Lipinski definition) is 14. The number of ether oxygens (including phenoxy) is 3. The standard InChI is InChI=1S/C52H82N6O14/c1-29(2)25-39-42(61)28-43(62)72-46(31(5)6)45(63)32(7)47(64)53-22-14-15-23-58(39)51(68)44(34(9)71-52(69)41(55(11)35(10)60)27-36-18-20-37(70-13)21-19-36)54-48(65)40(26-30(3)4)56(12)50(67)38-17-16-24-57(38)49(66)33(8)59/h18-21,29-34,38-42,44,46,59,61H,14-17,22-28H2,1-13H3,(H,53,64)(H,54,65)/t32-,33-,34+,38?,39+,40+,41-,42-,44-,46-/m0/s1. The Morgan fingerprint density at radius 3 is 2.04 bits per heavy atom. The van der Waals surface area contributed by atoms with Gasteiger partial charge in [0.15, 0.2) is 11.9 Å². The number of aliphatic hydroxyl groups is 2. The summed E-state index contributed by atoms with van der Waals surface area (Å²) in [6.07, 6.45) is -4.82. The second-order valence-electron chi connectivity index (χ2n) is 20.6. The molecule has 4 N–H and O–H groups in total. The minimum absolute atomic E-state index is 0.000819. The minimum atomic E-state index is -1.71. The van der Waals surface area contributed by atoms with Crippen molar-refractivity contribution in [3.05, 3.63) is 29.8 Å². The van der Waals surface area contributed by atoms with E-state index in [1.165, 1.54) is 68.5 Å². The Kier molecular flexibility index (Phi) is 23.6. The molecule has 0 spiro atoms. The molecule has 20 nitrogen and oxygen atoms in total. The Bertz CT molecular complexity index is 2050. The monoisotopic (exact) mass is 1010 g/mol. The zero-order valence-electron chi connectivity index (χ0n) is 44.7. The van der Waals surface area contributed by atoms with Crippen molar-refractivity contribution >= 4 is 53.2 Å². The molecule has 6 amide bonds. The first-order valence-electron chi connectivity index (χ1n) is 25.3. The van der Waals surface area contributed by atoms with E-state index in [1.54, 1.807) is 38.1 Å². The SMILES string of the molecule is COc1ccc(C[C@@H](C(=O)O[C@H](C)[C@H](NC(=O)[C@@H](CC(C)C)N(C)C(=O)C2CCCN2C(=O)[C@H](C)O)C(=O)N2CCCCNC(=O)[C@@H](C)C(=O)[C@H](C(C)C)OC(=O)C[C@H](O)[C@H]2CC(C)C)N(C)C(C)=O)cc1. The summed E-state index contributed by atoms with van der Waals surface area (Å²) in [6.45, 7) is 16.4. The molecule has 2 saturated heterocycles. The van der Waals surface area contributed by atoms with Gasteiger partial charge < -0.3 is 54.7 Å². The summed E-state index contributed by atoms with van der Waals surface area (Å²) in [6, 6.07) is 0.629. The number of carbonyl (C=O) groups is 9. The molecule has 20 heteroatoms. The molecular formula is C52H82N6O14. The molecule has 2 aliphatic heterocycles. The number of amides is 6. The van der Waals surface area contributed by atoms with Gasteiger partial charge in [-0.15, -0.1) is 0 Å². The summed E-state index contributed by atoms with van der Waals surface area (Å²) in [4.78, 5) is 130. The first-order valence-corrected chi connectivity index (χ1v) is 25.3. The number of ketones is 1. The molecule has 0 saturated carbocycles. The average Bonchev–Trinajstić information content (AvgIpc) is 3.81. The molecule has 0 aliphatic carbocycles. The van der Waals surface area contributed by atoms with Crippen molar-refractivity contribution < 1.29 is 67.6 Å². The predicted molar refractivity (Wildman–Crippen MR) is 266 cm³/mol. The van der Waals surface area contributed by atoms with Crippen LogP contribution in [0.15, 0.2) is 24.3 Å². The molecule has 2 heterocycles. The summed E-state index contributed by atoms with van der Waals surface area (Å²) in [5.41, 5.74) is 0.653. The van der Waals surface area contributed by atoms with Crippen LogP contribution < -0.4 is 15.4 Å². The second kappa shape index (κ2) is 28.0. The Morgan fingerprint density at radius 2 is 1.49 bits per heavy atom. The number of benzene rings is 1. The molecule has 1 aromatic rings. The van der Waals surface area contributed by atoms with E-state index in [2.05, 4.69) is 10.6 Å². The number of likely N-dealkylation sites (tertiary alicyclic amines) is 1. The van der Waals surface area contributed by atoms with Crippen LogP contribution in [-0.2, 0) is 59.0 Å². The number of hydrogen-bond donors (Lipinski definition) is 4. The molecule has 0 bridgehead atoms. The van der Waals surface area contributed by atoms with Gasteiger partial charge >= 0.3 is 11.9 Å². The number of nitrogens with zero attached hydrogens (tertiary/aromatic N) is 4. The van der Waals surface area contributed by atoms with E-state index < -0.39 is 126 Å². The summed E-state index contributed by atoms with van der Waals surface area (Å²) in [5, 5.41) is 27.7. The lowest BCUT2D eigenvalue weighted by atomic mass is 9.93. The highest BCUT2D eigenvalue weighted by molar-refractivity contribution is 6.03. The lowest BCUT2D eigenvalue weighted by molar-refractivity contribution is -0.165. The highest BCUT2D eigenvalue weighted by Gasteiger charge is 2.44. The van der Waals surface area contributed by atoms with Gasteiger partial charge in [0.1, 0.15) is 42.1 Å². The fourth-order valence-corrected chi connectivity index (χ4v) is 9.11. The van der Waals surface area contributed by atoms with Gasteiger partial charge in [0.2, 0.25) is 29.5 Å². The third-order valence-corrected chi connectivity index (χ3v) is 13.5. The summed E-state index contributed by atoms with van der Waals surface area (Å²) >= 11 is 0. The number of nitrogens with one attached hydrogen (secondary N) is 2. The molecule has 72 heavy (non-hydrogen) atoms. The first kappa shape index (κ1) is 60.7. The van der Waals surface area contributed by atoms with Gasteiger partial charge in [0, 0.05) is 47.1 Å². The van der Waals surface area contributed by atoms with Crippen molar-refractivity contribution in [3.8, 4) is 5.75 Å². The topological polar surface area (TPSA) is 259 Å². The van der Waals surface area contributed by atoms with Crippen LogP contribution in [0.3, 0.4) is 0 Å². The molecule has 2 aliphatic rings. The Morgan fingerprint density at radius 1 is 0.861 bits per heavy atom. The van der Waals surface area contributed by atoms with E-state index in [0.717, 1.165) is 0 Å². The van der Waals surface area contributed by atoms with E-state index in [0.29, 0.717) is 24.2 Å². The fourth-order valence-electron chi connectivity index (χ4n) is 9.11. The number of esters is 2. The van der Waals surface area contributed by atoms with Gasteiger partial charge in [-0.2, -0.15) is 0 Å². The number of likely N-dealkylation sites (N-methyl/N-ethyl adjacent to an activating group) is 2. The zero-order chi connectivity index (χ0) is 54.3. The third kappa shape index (κ3) is 16.7. The lowest BCUT2D eigenvalue weighted by Gasteiger charge is -2.40. The van der Waals surface area contributed by atoms with Gasteiger partial charge in [-0.1, -0.05) is 53.7 Å². The van der Waals surface area contributed by atoms with Crippen molar-refractivity contribution in [3.63, 3.8) is 0 Å². The number of cyclic esters (lactones) is 1. The van der Waals surface area contributed by atoms with Gasteiger partial charge in [-0.25, -0.2) is 4.79 Å². The Labute approximate surface area is 425 Å². The molecule has 2 fully saturated rings. The first-order chi connectivity index (χ1) is 33.7. The normalized spacial score (nSPS) is 22.6. The maximum Gasteiger partial charge on any atom is 0.329 e. The number of Topliss-reactive ketones (excluding diaryl/α,β-unsaturated/α-hetero) is 1. The predicted octanol–water partition coefficient (Wildman–Crippen LogP) is 2.42. The quantitative estimate of drug-likeness (QED) is 0.122. The molecule has 0 aromatic heterocycles. The molecule has 1 aromatic carbocycles. The fraction of sp³-hybridized carbons (Fsp3) is 0.712. The summed E-state index contributed by atoms with van der Waals surface area (Å²) in [5.74, 6) is -7.75. The van der Waals surface area contributed by atoms with E-state index in [-0.39, 0.29) is 63.6 Å². The molecule has 0 radical (unpaired) electrons. The van der Waals surface area contributed by atoms with E-state index in [1.807, 2.05) is 27.7 Å². The van der Waals surface area contributed by atoms with E-state index in [4.69, 9.17) is 14.2 Å². The van der Waals surface area contributed by atoms with Crippen molar-refractivity contribution in [2.24, 2.45) is 23.7 Å². The molecule has 10 atom stereocenters. The van der Waals surface area contributed by atoms with Crippen LogP contribution in [0.5, 0.6) is 5.75 Å². The van der Waals surface area contributed by atoms with Gasteiger partial charge in [0.25, 0.3) is 5.91 Å². The van der Waals surface area contributed by atoms with Crippen LogP contribution in [0, 0.1) is 23.7 Å². The maximum atomic E-state index is 15.6. The van der Waals surface area contributed by atoms with Crippen molar-refractivity contribution in [2.75, 3.05) is 40.8 Å². The summed E-state index contributed by atoms with van der Waals surface area (Å²) < 4.78 is 17.1. The van der Waals surface area contributed by atoms with Crippen molar-refractivity contribution in [1.82, 2.24) is 30.2 Å². The highest BCUT2D eigenvalue weighted by atomic mass is 16.6. The number of aliphatic hydroxyl groups excluding tert-OH is 2. The van der Waals surface area contributed by atoms with E-state index in [9.17, 15) is 48.6 Å². The van der Waals surface area contributed by atoms with Crippen LogP contribution in [-0.4, -0.2) is 178 Å². The largest absolute Gasteiger partial charge is 0.497 e. The van der Waals surface area contributed by atoms with E-state index >= 15 is 4.79 Å². The molecule has 1 unspecified atom stereocenters. The Balaban J connectivity index is 2.20. The van der Waals surface area contributed by atoms with Crippen molar-refractivity contribution in [1.29, 1.82) is 0 Å². The summed E-state index contributed by atoms with van der Waals surface area (Å²) in [7, 11) is 4.37. The Hall–Kier alpha value is -5.63. The molecule has 3 rings (SSSR count). The van der Waals surface area contributed by atoms with Gasteiger partial charge in [-0.05, 0) is 94.7 Å². The number of rotatable bonds is 18. The minimum Gasteiger partial charge on any atom is -0.497 e. The van der Waals surface area contributed by atoms with Crippen LogP contribution in [0.4, 0.5) is 0 Å². The van der Waals surface area contributed by atoms with Crippen LogP contribution in [0.1, 0.15) is 120 Å². The molecule has 404 valence electrons. The zero-order valence-corrected chi connectivity index (χ0v) is 44.7. The van der Waals surface area contributed by atoms with Gasteiger partial charge in [0.05, 0.1) is 31.6 Å². The number of methoxy groups -OCH3 is 1. The van der Waals surface area contributed by atoms with Crippen molar-refractivity contribution in [2.45, 2.75) is 175 Å². The number of carbonyl (C=O) groups excluding carboxylic acids is 9. The average molecular weight is 1020 g/mol. The highest BCUT2D eigenvalue weighted by Crippen LogP contribution is 2.26. The lowest BCUT2D eigenvalue weighted by Crippen LogP contribution is -2.62. The maximum absolute atomic E-state index is 15.6. The van der Waals surface area contributed by atoms with Crippen LogP contribution >= 0.6 is 0 Å². The van der Waals surface area contributed by atoms with Gasteiger partial charge in [-0.3, -0.25) is 38.4 Å². The third-order valence-electron chi connectivity index (χ3n) is 13.5. The smallest absolute Gasteiger partial charge is 0.329 e.